The minimum atomic E-state index is -1.01. The minimum Gasteiger partial charge on any atom is -0.393 e. The smallest absolute Gasteiger partial charge is 0.186 e. The lowest BCUT2D eigenvalue weighted by Gasteiger charge is -2.40. The summed E-state index contributed by atoms with van der Waals surface area (Å²) in [6, 6.07) is 0. The molecule has 6 heteroatoms. The van der Waals surface area contributed by atoms with E-state index in [1.807, 2.05) is 0 Å². The van der Waals surface area contributed by atoms with Crippen LogP contribution in [0.5, 0.6) is 0 Å². The van der Waals surface area contributed by atoms with Gasteiger partial charge in [-0.25, -0.2) is 0 Å². The second-order valence-electron chi connectivity index (χ2n) is 7.93. The van der Waals surface area contributed by atoms with E-state index in [9.17, 15) is 15.3 Å². The van der Waals surface area contributed by atoms with E-state index in [0.29, 0.717) is 13.0 Å². The Kier molecular flexibility index (Phi) is 10.4. The Bertz CT molecular complexity index is 384. The van der Waals surface area contributed by atoms with E-state index in [1.54, 1.807) is 0 Å². The molecule has 4 atom stereocenters. The second-order valence-corrected chi connectivity index (χ2v) is 8.88. The summed E-state index contributed by atoms with van der Waals surface area (Å²) in [6.07, 6.45) is 4.46. The van der Waals surface area contributed by atoms with Gasteiger partial charge in [-0.2, -0.15) is 12.6 Å². The Morgan fingerprint density at radius 2 is 1.69 bits per heavy atom. The van der Waals surface area contributed by atoms with Gasteiger partial charge < -0.3 is 24.8 Å². The summed E-state index contributed by atoms with van der Waals surface area (Å²) in [4.78, 5) is 0. The number of hydrogen-bond acceptors (Lipinski definition) is 6. The summed E-state index contributed by atoms with van der Waals surface area (Å²) < 4.78 is 10.7. The van der Waals surface area contributed by atoms with Crippen molar-refractivity contribution in [2.45, 2.75) is 108 Å². The summed E-state index contributed by atoms with van der Waals surface area (Å²) in [6.45, 7) is 9.28. The van der Waals surface area contributed by atoms with Crippen LogP contribution < -0.4 is 0 Å². The van der Waals surface area contributed by atoms with E-state index >= 15 is 0 Å². The van der Waals surface area contributed by atoms with Gasteiger partial charge in [0.2, 0.25) is 0 Å². The van der Waals surface area contributed by atoms with Crippen molar-refractivity contribution >= 4 is 12.6 Å². The quantitative estimate of drug-likeness (QED) is 0.362. The van der Waals surface area contributed by atoms with Gasteiger partial charge in [0.15, 0.2) is 6.29 Å². The average molecular weight is 393 g/mol. The first-order valence-electron chi connectivity index (χ1n) is 10.2. The first-order chi connectivity index (χ1) is 12.2. The van der Waals surface area contributed by atoms with Crippen molar-refractivity contribution in [2.24, 2.45) is 5.41 Å². The van der Waals surface area contributed by atoms with Crippen molar-refractivity contribution in [2.75, 3.05) is 13.2 Å². The zero-order chi connectivity index (χ0) is 19.8. The SMILES string of the molecule is CCC(S)(CC)CC(CC)(CC)CCC(O)CCOC1OCC(O)C1O. The van der Waals surface area contributed by atoms with E-state index in [0.717, 1.165) is 44.9 Å². The molecule has 1 rings (SSSR count). The lowest BCUT2D eigenvalue weighted by Crippen LogP contribution is -2.33. The van der Waals surface area contributed by atoms with Crippen LogP contribution >= 0.6 is 12.6 Å². The maximum atomic E-state index is 10.4. The molecule has 156 valence electrons. The Labute approximate surface area is 164 Å². The van der Waals surface area contributed by atoms with Crippen LogP contribution in [0.2, 0.25) is 0 Å². The molecule has 0 aromatic heterocycles. The summed E-state index contributed by atoms with van der Waals surface area (Å²) >= 11 is 4.95. The zero-order valence-corrected chi connectivity index (χ0v) is 17.9. The Balaban J connectivity index is 2.42. The molecular formula is C20H40O5S. The van der Waals surface area contributed by atoms with Crippen LogP contribution in [0.25, 0.3) is 0 Å². The molecule has 0 amide bonds. The van der Waals surface area contributed by atoms with Crippen LogP contribution in [0.15, 0.2) is 0 Å². The number of hydrogen-bond donors (Lipinski definition) is 4. The number of aliphatic hydroxyl groups is 3. The average Bonchev–Trinajstić information content (AvgIpc) is 2.97. The van der Waals surface area contributed by atoms with Crippen molar-refractivity contribution < 1.29 is 24.8 Å². The number of aliphatic hydroxyl groups excluding tert-OH is 3. The predicted octanol–water partition coefficient (Wildman–Crippen LogP) is 3.30. The highest BCUT2D eigenvalue weighted by Gasteiger charge is 2.36. The third-order valence-corrected chi connectivity index (χ3v) is 7.16. The molecule has 3 N–H and O–H groups in total. The van der Waals surface area contributed by atoms with Crippen LogP contribution in [-0.2, 0) is 9.47 Å². The highest BCUT2D eigenvalue weighted by molar-refractivity contribution is 7.81. The minimum absolute atomic E-state index is 0.0663. The Hall–Kier alpha value is 0.150. The highest BCUT2D eigenvalue weighted by atomic mass is 32.1. The van der Waals surface area contributed by atoms with Crippen molar-refractivity contribution in [3.8, 4) is 0 Å². The zero-order valence-electron chi connectivity index (χ0n) is 17.0. The number of ether oxygens (including phenoxy) is 2. The normalized spacial score (nSPS) is 25.6. The largest absolute Gasteiger partial charge is 0.393 e. The van der Waals surface area contributed by atoms with Crippen LogP contribution in [0.1, 0.15) is 79.1 Å². The lowest BCUT2D eigenvalue weighted by molar-refractivity contribution is -0.156. The molecule has 0 saturated carbocycles. The van der Waals surface area contributed by atoms with E-state index < -0.39 is 24.6 Å². The van der Waals surface area contributed by atoms with Crippen molar-refractivity contribution in [3.05, 3.63) is 0 Å². The molecule has 1 fully saturated rings. The molecule has 1 aliphatic heterocycles. The Morgan fingerprint density at radius 3 is 2.15 bits per heavy atom. The molecule has 4 unspecified atom stereocenters. The first kappa shape index (κ1) is 24.2. The predicted molar refractivity (Wildman–Crippen MR) is 107 cm³/mol. The standard InChI is InChI=1S/C20H40O5S/c1-5-19(6-2,14-20(26,7-3)8-4)11-9-15(21)10-12-24-18-17(23)16(22)13-25-18/h15-18,21-23,26H,5-14H2,1-4H3. The number of thiol groups is 1. The van der Waals surface area contributed by atoms with Gasteiger partial charge in [-0.15, -0.1) is 0 Å². The van der Waals surface area contributed by atoms with Gasteiger partial charge >= 0.3 is 0 Å². The van der Waals surface area contributed by atoms with Crippen molar-refractivity contribution in [1.29, 1.82) is 0 Å². The molecule has 0 bridgehead atoms. The Morgan fingerprint density at radius 1 is 1.08 bits per heavy atom. The summed E-state index contributed by atoms with van der Waals surface area (Å²) in [5.74, 6) is 0. The van der Waals surface area contributed by atoms with Gasteiger partial charge in [0.05, 0.1) is 19.3 Å². The third kappa shape index (κ3) is 6.95. The monoisotopic (exact) mass is 392 g/mol. The molecular weight excluding hydrogens is 352 g/mol. The molecule has 1 saturated heterocycles. The fourth-order valence-corrected chi connectivity index (χ4v) is 4.13. The molecule has 0 radical (unpaired) electrons. The van der Waals surface area contributed by atoms with E-state index in [4.69, 9.17) is 22.1 Å². The van der Waals surface area contributed by atoms with Gasteiger partial charge in [-0.1, -0.05) is 40.5 Å². The van der Waals surface area contributed by atoms with Crippen LogP contribution in [0.3, 0.4) is 0 Å². The van der Waals surface area contributed by atoms with E-state index in [-0.39, 0.29) is 16.8 Å². The molecule has 5 nitrogen and oxygen atoms in total. The molecule has 0 aromatic rings. The molecule has 1 aliphatic rings. The molecule has 0 spiro atoms. The second kappa shape index (κ2) is 11.2. The van der Waals surface area contributed by atoms with E-state index in [2.05, 4.69) is 27.7 Å². The molecule has 0 aromatic carbocycles. The summed E-state index contributed by atoms with van der Waals surface area (Å²) in [5, 5.41) is 29.5. The van der Waals surface area contributed by atoms with Gasteiger partial charge in [0, 0.05) is 4.75 Å². The van der Waals surface area contributed by atoms with Gasteiger partial charge in [-0.3, -0.25) is 0 Å². The summed E-state index contributed by atoms with van der Waals surface area (Å²) in [7, 11) is 0. The topological polar surface area (TPSA) is 79.2 Å². The molecule has 0 aliphatic carbocycles. The van der Waals surface area contributed by atoms with Crippen LogP contribution in [0, 0.1) is 5.41 Å². The molecule has 26 heavy (non-hydrogen) atoms. The summed E-state index contributed by atoms with van der Waals surface area (Å²) in [5.41, 5.74) is 0.213. The number of rotatable bonds is 13. The lowest BCUT2D eigenvalue weighted by atomic mass is 9.70. The maximum absolute atomic E-state index is 10.4. The fourth-order valence-electron chi connectivity index (χ4n) is 3.80. The van der Waals surface area contributed by atoms with Crippen LogP contribution in [-0.4, -0.2) is 57.9 Å². The van der Waals surface area contributed by atoms with Crippen LogP contribution in [0.4, 0.5) is 0 Å². The van der Waals surface area contributed by atoms with Gasteiger partial charge in [0.25, 0.3) is 0 Å². The maximum Gasteiger partial charge on any atom is 0.186 e. The first-order valence-corrected chi connectivity index (χ1v) is 10.7. The third-order valence-electron chi connectivity index (χ3n) is 6.37. The van der Waals surface area contributed by atoms with Crippen molar-refractivity contribution in [1.82, 2.24) is 0 Å². The van der Waals surface area contributed by atoms with Crippen molar-refractivity contribution in [3.63, 3.8) is 0 Å². The van der Waals surface area contributed by atoms with E-state index in [1.165, 1.54) is 0 Å². The van der Waals surface area contributed by atoms with Gasteiger partial charge in [0.1, 0.15) is 12.2 Å². The highest BCUT2D eigenvalue weighted by Crippen LogP contribution is 2.45. The van der Waals surface area contributed by atoms with Gasteiger partial charge in [-0.05, 0) is 43.9 Å². The fraction of sp³-hybridized carbons (Fsp3) is 1.00. The molecule has 1 heterocycles.